The summed E-state index contributed by atoms with van der Waals surface area (Å²) in [4.78, 5) is 33.9. The first-order valence-corrected chi connectivity index (χ1v) is 11.1. The lowest BCUT2D eigenvalue weighted by molar-refractivity contribution is -0.140. The number of ether oxygens (including phenoxy) is 1. The number of aliphatic hydroxyl groups excluding tert-OH is 1. The number of rotatable bonds is 7. The Balaban J connectivity index is 1.81. The molecule has 1 aliphatic heterocycles. The monoisotopic (exact) mass is 457 g/mol. The Labute approximate surface area is 198 Å². The molecule has 1 aromatic heterocycles. The molecule has 7 nitrogen and oxygen atoms in total. The molecule has 0 radical (unpaired) electrons. The minimum absolute atomic E-state index is 0.0654. The number of benzene rings is 2. The number of anilines is 1. The minimum atomic E-state index is -0.733. The number of hydrogen-bond acceptors (Lipinski definition) is 6. The van der Waals surface area contributed by atoms with Crippen LogP contribution in [0.15, 0.2) is 78.6 Å². The average Bonchev–Trinajstić information content (AvgIpc) is 3.10. The number of carbonyl (C=O) groups excluding carboxylic acids is 2. The van der Waals surface area contributed by atoms with Crippen LogP contribution < -0.4 is 9.64 Å². The number of aromatic nitrogens is 1. The summed E-state index contributed by atoms with van der Waals surface area (Å²) in [5, 5.41) is 11.2. The summed E-state index contributed by atoms with van der Waals surface area (Å²) in [5.74, 6) is -0.918. The van der Waals surface area contributed by atoms with Crippen molar-refractivity contribution in [2.75, 3.05) is 25.6 Å². The number of pyridine rings is 1. The van der Waals surface area contributed by atoms with Crippen molar-refractivity contribution in [1.29, 1.82) is 0 Å². The highest BCUT2D eigenvalue weighted by atomic mass is 16.5. The summed E-state index contributed by atoms with van der Waals surface area (Å²) in [6.07, 6.45) is 3.32. The minimum Gasteiger partial charge on any atom is -0.507 e. The van der Waals surface area contributed by atoms with Crippen LogP contribution in [0.3, 0.4) is 0 Å². The normalized spacial score (nSPS) is 17.1. The lowest BCUT2D eigenvalue weighted by Gasteiger charge is -2.26. The summed E-state index contributed by atoms with van der Waals surface area (Å²) < 4.78 is 5.47. The van der Waals surface area contributed by atoms with Gasteiger partial charge in [0.15, 0.2) is 0 Å². The molecule has 0 bridgehead atoms. The molecule has 2 heterocycles. The van der Waals surface area contributed by atoms with Gasteiger partial charge in [-0.25, -0.2) is 0 Å². The first-order valence-electron chi connectivity index (χ1n) is 11.1. The quantitative estimate of drug-likeness (QED) is 0.326. The maximum Gasteiger partial charge on any atom is 0.295 e. The molecule has 1 saturated heterocycles. The predicted molar refractivity (Wildman–Crippen MR) is 130 cm³/mol. The standard InChI is InChI=1S/C27H27N3O4/c1-4-34-22-13-9-20(10-14-22)25(31)23-24(19-7-11-21(12-8-19)29(2)3)30(27(33)26(23)32)17-18-6-5-15-28-16-18/h5-16,24,31H,4,17H2,1-3H3/t24-/m0/s1. The molecule has 0 spiro atoms. The molecule has 7 heteroatoms. The highest BCUT2D eigenvalue weighted by molar-refractivity contribution is 6.46. The Kier molecular flexibility index (Phi) is 6.63. The Morgan fingerprint density at radius 2 is 1.76 bits per heavy atom. The van der Waals surface area contributed by atoms with Crippen LogP contribution in [0.4, 0.5) is 5.69 Å². The lowest BCUT2D eigenvalue weighted by Crippen LogP contribution is -2.29. The summed E-state index contributed by atoms with van der Waals surface area (Å²) >= 11 is 0. The Bertz CT molecular complexity index is 1200. The lowest BCUT2D eigenvalue weighted by atomic mass is 9.95. The Hall–Kier alpha value is -4.13. The zero-order valence-electron chi connectivity index (χ0n) is 19.4. The van der Waals surface area contributed by atoms with Crippen LogP contribution in [0, 0.1) is 0 Å². The van der Waals surface area contributed by atoms with Crippen molar-refractivity contribution < 1.29 is 19.4 Å². The maximum atomic E-state index is 13.2. The summed E-state index contributed by atoms with van der Waals surface area (Å²) in [7, 11) is 3.88. The van der Waals surface area contributed by atoms with Crippen molar-refractivity contribution in [2.24, 2.45) is 0 Å². The fraction of sp³-hybridized carbons (Fsp3) is 0.222. The van der Waals surface area contributed by atoms with Gasteiger partial charge in [-0.15, -0.1) is 0 Å². The third-order valence-corrected chi connectivity index (χ3v) is 5.78. The van der Waals surface area contributed by atoms with Gasteiger partial charge in [0.2, 0.25) is 0 Å². The van der Waals surface area contributed by atoms with E-state index in [2.05, 4.69) is 4.98 Å². The molecule has 0 saturated carbocycles. The van der Waals surface area contributed by atoms with E-state index >= 15 is 0 Å². The van der Waals surface area contributed by atoms with E-state index < -0.39 is 17.7 Å². The van der Waals surface area contributed by atoms with Gasteiger partial charge in [-0.2, -0.15) is 0 Å². The van der Waals surface area contributed by atoms with Crippen LogP contribution in [0.2, 0.25) is 0 Å². The van der Waals surface area contributed by atoms with Crippen molar-refractivity contribution >= 4 is 23.1 Å². The first kappa shape index (κ1) is 23.0. The van der Waals surface area contributed by atoms with E-state index in [4.69, 9.17) is 4.74 Å². The van der Waals surface area contributed by atoms with Crippen LogP contribution in [-0.2, 0) is 16.1 Å². The third-order valence-electron chi connectivity index (χ3n) is 5.78. The van der Waals surface area contributed by atoms with Gasteiger partial charge in [-0.3, -0.25) is 14.6 Å². The van der Waals surface area contributed by atoms with Gasteiger partial charge in [-0.05, 0) is 60.5 Å². The number of amides is 1. The van der Waals surface area contributed by atoms with E-state index in [0.29, 0.717) is 17.9 Å². The summed E-state index contributed by atoms with van der Waals surface area (Å²) in [5.41, 5.74) is 3.02. The second-order valence-electron chi connectivity index (χ2n) is 8.23. The van der Waals surface area contributed by atoms with Gasteiger partial charge in [0, 0.05) is 44.3 Å². The number of nitrogens with zero attached hydrogens (tertiary/aromatic N) is 3. The molecule has 0 unspecified atom stereocenters. The number of Topliss-reactive ketones (excluding diaryl/α,β-unsaturated/α-hetero) is 1. The van der Waals surface area contributed by atoms with Crippen LogP contribution in [0.25, 0.3) is 5.76 Å². The maximum absolute atomic E-state index is 13.2. The van der Waals surface area contributed by atoms with E-state index in [0.717, 1.165) is 16.8 Å². The molecule has 0 aliphatic carbocycles. The molecular formula is C27H27N3O4. The second kappa shape index (κ2) is 9.79. The summed E-state index contributed by atoms with van der Waals surface area (Å²) in [6, 6.07) is 17.3. The molecule has 3 aromatic rings. The highest BCUT2D eigenvalue weighted by Crippen LogP contribution is 2.40. The van der Waals surface area contributed by atoms with Gasteiger partial charge >= 0.3 is 0 Å². The number of aliphatic hydroxyl groups is 1. The van der Waals surface area contributed by atoms with E-state index in [1.54, 1.807) is 42.7 Å². The van der Waals surface area contributed by atoms with Crippen LogP contribution in [-0.4, -0.2) is 47.4 Å². The van der Waals surface area contributed by atoms with Crippen LogP contribution in [0.1, 0.15) is 29.7 Å². The smallest absolute Gasteiger partial charge is 0.295 e. The fourth-order valence-corrected chi connectivity index (χ4v) is 4.06. The molecule has 1 fully saturated rings. The zero-order valence-corrected chi connectivity index (χ0v) is 19.4. The summed E-state index contributed by atoms with van der Waals surface area (Å²) in [6.45, 7) is 2.60. The van der Waals surface area contributed by atoms with Crippen molar-refractivity contribution in [2.45, 2.75) is 19.5 Å². The van der Waals surface area contributed by atoms with Crippen molar-refractivity contribution in [3.05, 3.63) is 95.3 Å². The Morgan fingerprint density at radius 1 is 1.06 bits per heavy atom. The van der Waals surface area contributed by atoms with E-state index in [1.165, 1.54) is 4.90 Å². The molecule has 1 aliphatic rings. The van der Waals surface area contributed by atoms with Gasteiger partial charge < -0.3 is 19.6 Å². The molecule has 2 aromatic carbocycles. The first-order chi connectivity index (χ1) is 16.4. The topological polar surface area (TPSA) is 83.0 Å². The number of ketones is 1. The van der Waals surface area contributed by atoms with E-state index in [-0.39, 0.29) is 17.9 Å². The van der Waals surface area contributed by atoms with Crippen LogP contribution in [0.5, 0.6) is 5.75 Å². The third kappa shape index (κ3) is 4.50. The fourth-order valence-electron chi connectivity index (χ4n) is 4.06. The Morgan fingerprint density at radius 3 is 2.35 bits per heavy atom. The molecular weight excluding hydrogens is 430 g/mol. The molecule has 1 amide bonds. The zero-order chi connectivity index (χ0) is 24.2. The largest absolute Gasteiger partial charge is 0.507 e. The van der Waals surface area contributed by atoms with E-state index in [9.17, 15) is 14.7 Å². The van der Waals surface area contributed by atoms with Gasteiger partial charge in [-0.1, -0.05) is 18.2 Å². The number of likely N-dealkylation sites (tertiary alicyclic amines) is 1. The van der Waals surface area contributed by atoms with Crippen molar-refractivity contribution in [1.82, 2.24) is 9.88 Å². The number of carbonyl (C=O) groups is 2. The van der Waals surface area contributed by atoms with Gasteiger partial charge in [0.25, 0.3) is 11.7 Å². The van der Waals surface area contributed by atoms with Crippen molar-refractivity contribution in [3.8, 4) is 5.75 Å². The van der Waals surface area contributed by atoms with Gasteiger partial charge in [0.1, 0.15) is 11.5 Å². The second-order valence-corrected chi connectivity index (χ2v) is 8.23. The van der Waals surface area contributed by atoms with Crippen LogP contribution >= 0.6 is 0 Å². The number of hydrogen-bond donors (Lipinski definition) is 1. The highest BCUT2D eigenvalue weighted by Gasteiger charge is 2.46. The molecule has 4 rings (SSSR count). The average molecular weight is 458 g/mol. The van der Waals surface area contributed by atoms with Crippen molar-refractivity contribution in [3.63, 3.8) is 0 Å². The predicted octanol–water partition coefficient (Wildman–Crippen LogP) is 4.17. The molecule has 34 heavy (non-hydrogen) atoms. The van der Waals surface area contributed by atoms with Gasteiger partial charge in [0.05, 0.1) is 18.2 Å². The van der Waals surface area contributed by atoms with E-state index in [1.807, 2.05) is 56.3 Å². The molecule has 1 N–H and O–H groups in total. The SMILES string of the molecule is CCOc1ccc(C(O)=C2C(=O)C(=O)N(Cc3cccnc3)[C@H]2c2ccc(N(C)C)cc2)cc1. The molecule has 174 valence electrons. The molecule has 1 atom stereocenters.